The monoisotopic (exact) mass is 618 g/mol. The number of nitrogens with one attached hydrogen (secondary N) is 1. The van der Waals surface area contributed by atoms with E-state index < -0.39 is 0 Å². The Morgan fingerprint density at radius 1 is 0.956 bits per heavy atom. The summed E-state index contributed by atoms with van der Waals surface area (Å²) in [5.41, 5.74) is 7.48. The molecule has 0 fully saturated rings. The zero-order valence-corrected chi connectivity index (χ0v) is 31.4. The Hall–Kier alpha value is -3.01. The van der Waals surface area contributed by atoms with Crippen molar-refractivity contribution in [1.29, 1.82) is 0 Å². The van der Waals surface area contributed by atoms with Crippen LogP contribution in [-0.2, 0) is 9.53 Å². The molecule has 1 aliphatic rings. The normalized spacial score (nSPS) is 15.2. The summed E-state index contributed by atoms with van der Waals surface area (Å²) < 4.78 is 6.06. The molecule has 45 heavy (non-hydrogen) atoms. The number of carbonyl (C=O) groups is 1. The van der Waals surface area contributed by atoms with E-state index in [2.05, 4.69) is 107 Å². The molecule has 1 aromatic carbocycles. The highest BCUT2D eigenvalue weighted by Crippen LogP contribution is 2.38. The molecule has 252 valence electrons. The number of ether oxygens (including phenoxy) is 1. The van der Waals surface area contributed by atoms with Crippen molar-refractivity contribution in [1.82, 2.24) is 0 Å². The Bertz CT molecular complexity index is 1150. The maximum atomic E-state index is 10.6. The third kappa shape index (κ3) is 18.5. The molecule has 3 heteroatoms. The van der Waals surface area contributed by atoms with Gasteiger partial charge in [-0.3, -0.25) is 4.79 Å². The zero-order valence-electron chi connectivity index (χ0n) is 31.4. The van der Waals surface area contributed by atoms with Gasteiger partial charge < -0.3 is 10.1 Å². The molecular weight excluding hydrogens is 550 g/mol. The molecule has 0 aliphatic carbocycles. The zero-order chi connectivity index (χ0) is 35.2. The van der Waals surface area contributed by atoms with E-state index in [9.17, 15) is 4.79 Å². The van der Waals surface area contributed by atoms with Crippen molar-refractivity contribution in [2.24, 2.45) is 17.8 Å². The average Bonchev–Trinajstić information content (AvgIpc) is 3.01. The van der Waals surface area contributed by atoms with E-state index in [1.54, 1.807) is 24.3 Å². The summed E-state index contributed by atoms with van der Waals surface area (Å²) in [6.45, 7) is 32.9. The third-order valence-electron chi connectivity index (χ3n) is 8.34. The Labute approximate surface area is 279 Å². The molecule has 1 aromatic rings. The van der Waals surface area contributed by atoms with E-state index in [1.807, 2.05) is 0 Å². The molecule has 1 amide bonds. The van der Waals surface area contributed by atoms with Gasteiger partial charge in [0.15, 0.2) is 0 Å². The van der Waals surface area contributed by atoms with Crippen molar-refractivity contribution in [2.45, 2.75) is 141 Å². The molecule has 0 bridgehead atoms. The van der Waals surface area contributed by atoms with Gasteiger partial charge in [-0.25, -0.2) is 0 Å². The van der Waals surface area contributed by atoms with Crippen molar-refractivity contribution in [3.63, 3.8) is 0 Å². The minimum absolute atomic E-state index is 0.0801. The molecule has 3 nitrogen and oxygen atoms in total. The minimum Gasteiger partial charge on any atom is -0.371 e. The fraction of sp³-hybridized carbons (Fsp3) is 0.595. The van der Waals surface area contributed by atoms with Crippen LogP contribution in [0.15, 0.2) is 58.7 Å². The van der Waals surface area contributed by atoms with Crippen molar-refractivity contribution >= 4 is 11.6 Å². The minimum atomic E-state index is -0.163. The number of carbonyl (C=O) groups excluding carboxylic acids is 1. The van der Waals surface area contributed by atoms with Gasteiger partial charge in [-0.05, 0) is 92.4 Å². The summed E-state index contributed by atoms with van der Waals surface area (Å²) in [7, 11) is 0. The van der Waals surface area contributed by atoms with Gasteiger partial charge in [0.05, 0.1) is 12.2 Å². The Morgan fingerprint density at radius 2 is 1.51 bits per heavy atom. The summed E-state index contributed by atoms with van der Waals surface area (Å²) in [6, 6.07) is 7.11. The van der Waals surface area contributed by atoms with E-state index in [4.69, 9.17) is 17.6 Å². The van der Waals surface area contributed by atoms with Crippen LogP contribution >= 0.6 is 0 Å². The fourth-order valence-electron chi connectivity index (χ4n) is 4.34. The van der Waals surface area contributed by atoms with Crippen LogP contribution in [0, 0.1) is 42.4 Å². The molecule has 0 saturated carbocycles. The van der Waals surface area contributed by atoms with Crippen LogP contribution in [-0.4, -0.2) is 18.1 Å². The average molecular weight is 618 g/mol. The predicted octanol–water partition coefficient (Wildman–Crippen LogP) is 12.0. The van der Waals surface area contributed by atoms with Crippen LogP contribution in [0.5, 0.6) is 0 Å². The summed E-state index contributed by atoms with van der Waals surface area (Å²) in [5, 5.41) is 2.65. The molecule has 2 atom stereocenters. The highest BCUT2D eigenvalue weighted by atomic mass is 16.5. The Morgan fingerprint density at radius 3 is 1.87 bits per heavy atom. The quantitative estimate of drug-likeness (QED) is 0.265. The SMILES string of the molecule is C#C/C(C1=C(C(=C)C(C)CCC)COC(C)(C)C1)=C(/C)CC.C#Cc1ccc(NC(C)=O)cc1.CCC(C)C(C)C.CCCC. The standard InChI is InChI=1S/C21H32O.C10H9NO.C7H16.C4H10/c1-9-12-16(5)17(6)20-14-22-21(7,8)13-19(20)18(11-3)15(4)10-2;1-3-9-4-6-10(7-5-9)11-8(2)12;1-5-7(4)6(2)3;1-3-4-2/h3,16H,6,9-10,12-14H2,1-2,4-5,7-8H3;1,4-7H,2H3,(H,11,12);6-7H,5H2,1-4H3;3-4H2,1-2H3/b18-15+;;;. The maximum absolute atomic E-state index is 10.6. The summed E-state index contributed by atoms with van der Waals surface area (Å²) in [6.07, 6.45) is 19.1. The highest BCUT2D eigenvalue weighted by molar-refractivity contribution is 5.88. The van der Waals surface area contributed by atoms with Crippen LogP contribution in [0.2, 0.25) is 0 Å². The van der Waals surface area contributed by atoms with Gasteiger partial charge in [0.25, 0.3) is 0 Å². The molecule has 0 saturated heterocycles. The number of benzene rings is 1. The van der Waals surface area contributed by atoms with Crippen molar-refractivity contribution < 1.29 is 9.53 Å². The first kappa shape index (κ1) is 44.1. The van der Waals surface area contributed by atoms with E-state index in [1.165, 1.54) is 54.9 Å². The van der Waals surface area contributed by atoms with Gasteiger partial charge in [0.1, 0.15) is 0 Å². The highest BCUT2D eigenvalue weighted by Gasteiger charge is 2.31. The van der Waals surface area contributed by atoms with Crippen LogP contribution in [0.4, 0.5) is 5.69 Å². The van der Waals surface area contributed by atoms with Crippen LogP contribution in [0.25, 0.3) is 0 Å². The number of rotatable bonds is 10. The first-order chi connectivity index (χ1) is 21.1. The van der Waals surface area contributed by atoms with Gasteiger partial charge >= 0.3 is 0 Å². The van der Waals surface area contributed by atoms with E-state index in [-0.39, 0.29) is 11.5 Å². The number of amides is 1. The molecule has 0 spiro atoms. The maximum Gasteiger partial charge on any atom is 0.221 e. The second-order valence-corrected chi connectivity index (χ2v) is 13.1. The molecule has 0 aromatic heterocycles. The second-order valence-electron chi connectivity index (χ2n) is 13.1. The number of unbranched alkanes of at least 4 members (excludes halogenated alkanes) is 1. The van der Waals surface area contributed by atoms with Gasteiger partial charge in [0.2, 0.25) is 5.91 Å². The van der Waals surface area contributed by atoms with E-state index in [0.29, 0.717) is 12.5 Å². The largest absolute Gasteiger partial charge is 0.371 e. The molecule has 2 rings (SSSR count). The van der Waals surface area contributed by atoms with Crippen LogP contribution < -0.4 is 5.32 Å². The van der Waals surface area contributed by atoms with Gasteiger partial charge in [0, 0.05) is 30.2 Å². The lowest BCUT2D eigenvalue weighted by Gasteiger charge is -2.36. The van der Waals surface area contributed by atoms with Crippen molar-refractivity contribution in [3.05, 3.63) is 64.3 Å². The van der Waals surface area contributed by atoms with Gasteiger partial charge in [-0.15, -0.1) is 12.8 Å². The topological polar surface area (TPSA) is 38.3 Å². The van der Waals surface area contributed by atoms with Gasteiger partial charge in [-0.1, -0.05) is 112 Å². The number of anilines is 1. The molecule has 0 radical (unpaired) electrons. The smallest absolute Gasteiger partial charge is 0.221 e. The Balaban J connectivity index is 0. The first-order valence-electron chi connectivity index (χ1n) is 17.1. The summed E-state index contributed by atoms with van der Waals surface area (Å²) in [5.74, 6) is 7.60. The number of hydrogen-bond acceptors (Lipinski definition) is 2. The van der Waals surface area contributed by atoms with E-state index in [0.717, 1.165) is 47.9 Å². The van der Waals surface area contributed by atoms with Crippen LogP contribution in [0.3, 0.4) is 0 Å². The van der Waals surface area contributed by atoms with Crippen molar-refractivity contribution in [3.8, 4) is 24.7 Å². The third-order valence-corrected chi connectivity index (χ3v) is 8.34. The molecule has 1 heterocycles. The second kappa shape index (κ2) is 24.3. The Kier molecular flexibility index (Phi) is 23.8. The molecule has 2 unspecified atom stereocenters. The van der Waals surface area contributed by atoms with Crippen molar-refractivity contribution in [2.75, 3.05) is 11.9 Å². The fourth-order valence-corrected chi connectivity index (χ4v) is 4.34. The molecule has 1 N–H and O–H groups in total. The lowest BCUT2D eigenvalue weighted by Crippen LogP contribution is -2.32. The first-order valence-corrected chi connectivity index (χ1v) is 17.1. The summed E-state index contributed by atoms with van der Waals surface area (Å²) >= 11 is 0. The predicted molar refractivity (Wildman–Crippen MR) is 200 cm³/mol. The molecular formula is C42H67NO2. The number of hydrogen-bond donors (Lipinski definition) is 1. The lowest BCUT2D eigenvalue weighted by molar-refractivity contribution is -0.114. The lowest BCUT2D eigenvalue weighted by atomic mass is 9.80. The number of allylic oxidation sites excluding steroid dienone is 2. The molecule has 1 aliphatic heterocycles. The number of terminal acetylenes is 2. The summed E-state index contributed by atoms with van der Waals surface area (Å²) in [4.78, 5) is 10.6. The van der Waals surface area contributed by atoms with Gasteiger partial charge in [-0.2, -0.15) is 0 Å². The van der Waals surface area contributed by atoms with E-state index >= 15 is 0 Å². The van der Waals surface area contributed by atoms with Crippen LogP contribution in [0.1, 0.15) is 141 Å².